The highest BCUT2D eigenvalue weighted by molar-refractivity contribution is 9.10. The molecule has 0 unspecified atom stereocenters. The molecule has 146 valence electrons. The minimum Gasteiger partial charge on any atom is -0.367 e. The molecule has 0 saturated heterocycles. The molecule has 0 spiro atoms. The average Bonchev–Trinajstić information content (AvgIpc) is 3.15. The van der Waals surface area contributed by atoms with Gasteiger partial charge in [0.05, 0.1) is 5.69 Å². The zero-order valence-electron chi connectivity index (χ0n) is 16.1. The normalized spacial score (nSPS) is 15.7. The smallest absolute Gasteiger partial charge is 0.223 e. The molecule has 0 saturated carbocycles. The number of halogens is 1. The van der Waals surface area contributed by atoms with E-state index in [9.17, 15) is 0 Å². The van der Waals surface area contributed by atoms with Gasteiger partial charge in [-0.05, 0) is 46.0 Å². The van der Waals surface area contributed by atoms with Crippen LogP contribution in [0.25, 0.3) is 5.70 Å². The van der Waals surface area contributed by atoms with Crippen LogP contribution >= 0.6 is 15.9 Å². The lowest BCUT2D eigenvalue weighted by molar-refractivity contribution is 0.369. The molecule has 0 atom stereocenters. The Hall–Kier alpha value is -2.73. The van der Waals surface area contributed by atoms with Crippen LogP contribution < -0.4 is 5.32 Å². The van der Waals surface area contributed by atoms with Gasteiger partial charge in [-0.25, -0.2) is 9.97 Å². The summed E-state index contributed by atoms with van der Waals surface area (Å²) in [6.07, 6.45) is 8.55. The Bertz CT molecular complexity index is 1060. The standard InChI is InChI=1S/C23H22BrN5/c1-15(18-8-20(24)13-25-11-18)29-7-6-22-19(14-29)12-26-23(28-22)27-21-9-16-4-2-3-5-17(16)10-21/h2-5,8,11-13,21H,1,6-7,9-10,14H2,(H,26,27,28). The summed E-state index contributed by atoms with van der Waals surface area (Å²) in [5, 5.41) is 3.54. The van der Waals surface area contributed by atoms with Crippen LogP contribution in [-0.2, 0) is 25.8 Å². The molecule has 29 heavy (non-hydrogen) atoms. The number of fused-ring (bicyclic) bond motifs is 2. The summed E-state index contributed by atoms with van der Waals surface area (Å²) in [6.45, 7) is 5.95. The third kappa shape index (κ3) is 3.77. The van der Waals surface area contributed by atoms with Gasteiger partial charge in [0.25, 0.3) is 0 Å². The zero-order chi connectivity index (χ0) is 19.8. The predicted octanol–water partition coefficient (Wildman–Crippen LogP) is 4.24. The van der Waals surface area contributed by atoms with E-state index < -0.39 is 0 Å². The first-order chi connectivity index (χ1) is 14.2. The highest BCUT2D eigenvalue weighted by Crippen LogP contribution is 2.27. The van der Waals surface area contributed by atoms with Crippen molar-refractivity contribution >= 4 is 27.6 Å². The maximum atomic E-state index is 4.82. The Morgan fingerprint density at radius 2 is 1.90 bits per heavy atom. The van der Waals surface area contributed by atoms with Crippen molar-refractivity contribution < 1.29 is 0 Å². The van der Waals surface area contributed by atoms with Crippen molar-refractivity contribution in [1.82, 2.24) is 19.9 Å². The fourth-order valence-electron chi connectivity index (χ4n) is 4.21. The van der Waals surface area contributed by atoms with Crippen molar-refractivity contribution in [3.63, 3.8) is 0 Å². The van der Waals surface area contributed by atoms with Crippen molar-refractivity contribution in [3.05, 3.63) is 87.9 Å². The molecule has 1 aliphatic carbocycles. The van der Waals surface area contributed by atoms with Crippen molar-refractivity contribution in [3.8, 4) is 0 Å². The molecular weight excluding hydrogens is 426 g/mol. The van der Waals surface area contributed by atoms with E-state index in [1.54, 1.807) is 6.20 Å². The fourth-order valence-corrected chi connectivity index (χ4v) is 4.58. The molecular formula is C23H22BrN5. The van der Waals surface area contributed by atoms with Crippen molar-refractivity contribution in [2.24, 2.45) is 0 Å². The summed E-state index contributed by atoms with van der Waals surface area (Å²) in [5.41, 5.74) is 7.17. The first-order valence-corrected chi connectivity index (χ1v) is 10.7. The first-order valence-electron chi connectivity index (χ1n) is 9.88. The molecule has 2 aromatic heterocycles. The second kappa shape index (κ2) is 7.59. The van der Waals surface area contributed by atoms with E-state index in [0.717, 1.165) is 59.7 Å². The van der Waals surface area contributed by atoms with Gasteiger partial charge in [0, 0.05) is 65.4 Å². The molecule has 0 fully saturated rings. The number of nitrogens with one attached hydrogen (secondary N) is 1. The summed E-state index contributed by atoms with van der Waals surface area (Å²) in [6, 6.07) is 11.1. The molecule has 5 nitrogen and oxygen atoms in total. The van der Waals surface area contributed by atoms with E-state index in [1.165, 1.54) is 16.7 Å². The van der Waals surface area contributed by atoms with Crippen LogP contribution in [0.1, 0.15) is 27.9 Å². The minimum atomic E-state index is 0.370. The van der Waals surface area contributed by atoms with Crippen molar-refractivity contribution in [2.45, 2.75) is 31.8 Å². The lowest BCUT2D eigenvalue weighted by Gasteiger charge is -2.31. The molecule has 1 aliphatic heterocycles. The van der Waals surface area contributed by atoms with Crippen LogP contribution in [0.15, 0.2) is 60.0 Å². The van der Waals surface area contributed by atoms with E-state index in [-0.39, 0.29) is 0 Å². The summed E-state index contributed by atoms with van der Waals surface area (Å²) in [4.78, 5) is 15.9. The summed E-state index contributed by atoms with van der Waals surface area (Å²) < 4.78 is 0.960. The van der Waals surface area contributed by atoms with Crippen LogP contribution in [0, 0.1) is 0 Å². The van der Waals surface area contributed by atoms with Gasteiger partial charge >= 0.3 is 0 Å². The van der Waals surface area contributed by atoms with E-state index in [1.807, 2.05) is 18.5 Å². The monoisotopic (exact) mass is 447 g/mol. The van der Waals surface area contributed by atoms with E-state index in [4.69, 9.17) is 4.98 Å². The van der Waals surface area contributed by atoms with Gasteiger partial charge < -0.3 is 10.2 Å². The summed E-state index contributed by atoms with van der Waals surface area (Å²) in [7, 11) is 0. The fraction of sp³-hybridized carbons (Fsp3) is 0.261. The van der Waals surface area contributed by atoms with Crippen molar-refractivity contribution in [2.75, 3.05) is 11.9 Å². The number of hydrogen-bond donors (Lipinski definition) is 1. The lowest BCUT2D eigenvalue weighted by Crippen LogP contribution is -2.30. The molecule has 6 heteroatoms. The van der Waals surface area contributed by atoms with Gasteiger partial charge in [-0.15, -0.1) is 0 Å². The number of aromatic nitrogens is 3. The van der Waals surface area contributed by atoms with Crippen LogP contribution in [0.4, 0.5) is 5.95 Å². The molecule has 0 radical (unpaired) electrons. The molecule has 0 amide bonds. The maximum absolute atomic E-state index is 4.82. The summed E-state index contributed by atoms with van der Waals surface area (Å²) in [5.74, 6) is 0.741. The number of nitrogens with zero attached hydrogens (tertiary/aromatic N) is 4. The van der Waals surface area contributed by atoms with Gasteiger partial charge in [0.2, 0.25) is 5.95 Å². The maximum Gasteiger partial charge on any atom is 0.223 e. The topological polar surface area (TPSA) is 53.9 Å². The SMILES string of the molecule is C=C(c1cncc(Br)c1)N1CCc2nc(NC3Cc4ccccc4C3)ncc2C1. The lowest BCUT2D eigenvalue weighted by atomic mass is 10.1. The molecule has 5 rings (SSSR count). The number of anilines is 1. The number of rotatable bonds is 4. The van der Waals surface area contributed by atoms with Crippen LogP contribution in [-0.4, -0.2) is 32.4 Å². The molecule has 1 N–H and O–H groups in total. The molecule has 3 aromatic rings. The Balaban J connectivity index is 1.27. The largest absolute Gasteiger partial charge is 0.367 e. The van der Waals surface area contributed by atoms with Crippen molar-refractivity contribution in [1.29, 1.82) is 0 Å². The highest BCUT2D eigenvalue weighted by atomic mass is 79.9. The average molecular weight is 448 g/mol. The third-order valence-electron chi connectivity index (χ3n) is 5.74. The Morgan fingerprint density at radius 3 is 2.66 bits per heavy atom. The van der Waals surface area contributed by atoms with Crippen LogP contribution in [0.3, 0.4) is 0 Å². The van der Waals surface area contributed by atoms with E-state index >= 15 is 0 Å². The third-order valence-corrected chi connectivity index (χ3v) is 6.17. The Morgan fingerprint density at radius 1 is 1.10 bits per heavy atom. The number of benzene rings is 1. The Labute approximate surface area is 179 Å². The van der Waals surface area contributed by atoms with Crippen LogP contribution in [0.5, 0.6) is 0 Å². The molecule has 2 aliphatic rings. The zero-order valence-corrected chi connectivity index (χ0v) is 17.7. The second-order valence-corrected chi connectivity index (χ2v) is 8.61. The van der Waals surface area contributed by atoms with Gasteiger partial charge in [-0.1, -0.05) is 30.8 Å². The number of hydrogen-bond acceptors (Lipinski definition) is 5. The van der Waals surface area contributed by atoms with E-state index in [2.05, 4.69) is 67.0 Å². The molecule has 0 bridgehead atoms. The van der Waals surface area contributed by atoms with Gasteiger partial charge in [0.1, 0.15) is 0 Å². The molecule has 1 aromatic carbocycles. The first kappa shape index (κ1) is 18.3. The van der Waals surface area contributed by atoms with E-state index in [0.29, 0.717) is 6.04 Å². The predicted molar refractivity (Wildman–Crippen MR) is 118 cm³/mol. The van der Waals surface area contributed by atoms with Gasteiger partial charge in [-0.3, -0.25) is 4.98 Å². The van der Waals surface area contributed by atoms with Crippen LogP contribution in [0.2, 0.25) is 0 Å². The highest BCUT2D eigenvalue weighted by Gasteiger charge is 2.23. The quantitative estimate of drug-likeness (QED) is 0.647. The molecule has 3 heterocycles. The Kier molecular flexibility index (Phi) is 4.79. The second-order valence-electron chi connectivity index (χ2n) is 7.69. The van der Waals surface area contributed by atoms with Gasteiger partial charge in [-0.2, -0.15) is 0 Å². The minimum absolute atomic E-state index is 0.370. The summed E-state index contributed by atoms with van der Waals surface area (Å²) >= 11 is 3.48. The van der Waals surface area contributed by atoms with Gasteiger partial charge in [0.15, 0.2) is 0 Å². The number of pyridine rings is 1.